The Morgan fingerprint density at radius 3 is 2.43 bits per heavy atom. The number of anilines is 2. The van der Waals surface area contributed by atoms with Crippen LogP contribution < -0.4 is 5.32 Å². The molecule has 0 amide bonds. The van der Waals surface area contributed by atoms with Gasteiger partial charge in [-0.25, -0.2) is 15.0 Å². The molecule has 37 heavy (non-hydrogen) atoms. The van der Waals surface area contributed by atoms with Crippen LogP contribution in [0.5, 0.6) is 0 Å². The fourth-order valence-corrected chi connectivity index (χ4v) is 4.99. The number of morpholine rings is 1. The third kappa shape index (κ3) is 5.90. The summed E-state index contributed by atoms with van der Waals surface area (Å²) in [7, 11) is 0. The van der Waals surface area contributed by atoms with Crippen LogP contribution in [0.3, 0.4) is 0 Å². The zero-order valence-corrected chi connectivity index (χ0v) is 22.8. The molecule has 3 aromatic heterocycles. The highest BCUT2D eigenvalue weighted by molar-refractivity contribution is 6.33. The van der Waals surface area contributed by atoms with Crippen molar-refractivity contribution in [2.75, 3.05) is 18.4 Å². The minimum absolute atomic E-state index is 0.0877. The average molecular weight is 517 g/mol. The molecule has 0 radical (unpaired) electrons. The average Bonchev–Trinajstić information content (AvgIpc) is 2.83. The molecule has 7 nitrogen and oxygen atoms in total. The lowest BCUT2D eigenvalue weighted by atomic mass is 9.87. The van der Waals surface area contributed by atoms with E-state index in [-0.39, 0.29) is 17.6 Å². The number of fused-ring (bicyclic) bond motifs is 1. The van der Waals surface area contributed by atoms with Crippen LogP contribution in [0.2, 0.25) is 5.02 Å². The first-order valence-corrected chi connectivity index (χ1v) is 13.1. The van der Waals surface area contributed by atoms with E-state index in [2.05, 4.69) is 74.1 Å². The molecule has 5 rings (SSSR count). The van der Waals surface area contributed by atoms with Crippen LogP contribution in [0, 0.1) is 0 Å². The van der Waals surface area contributed by atoms with Gasteiger partial charge >= 0.3 is 0 Å². The van der Waals surface area contributed by atoms with Crippen molar-refractivity contribution in [2.45, 2.75) is 58.8 Å². The molecule has 1 saturated heterocycles. The molecule has 1 aliphatic rings. The molecule has 1 N–H and O–H groups in total. The molecule has 0 saturated carbocycles. The van der Waals surface area contributed by atoms with Gasteiger partial charge in [0.25, 0.3) is 0 Å². The third-order valence-electron chi connectivity index (χ3n) is 6.49. The molecular formula is C29H33ClN6O. The van der Waals surface area contributed by atoms with Crippen molar-refractivity contribution >= 4 is 34.1 Å². The van der Waals surface area contributed by atoms with E-state index in [1.54, 1.807) is 12.4 Å². The van der Waals surface area contributed by atoms with Gasteiger partial charge in [-0.2, -0.15) is 0 Å². The second kappa shape index (κ2) is 10.3. The number of halogens is 1. The van der Waals surface area contributed by atoms with Crippen molar-refractivity contribution in [1.29, 1.82) is 0 Å². The molecular weight excluding hydrogens is 484 g/mol. The van der Waals surface area contributed by atoms with Gasteiger partial charge < -0.3 is 10.1 Å². The van der Waals surface area contributed by atoms with Gasteiger partial charge in [0.1, 0.15) is 11.3 Å². The summed E-state index contributed by atoms with van der Waals surface area (Å²) >= 11 is 6.43. The number of hydrogen-bond donors (Lipinski definition) is 1. The molecule has 8 heteroatoms. The molecule has 0 bridgehead atoms. The van der Waals surface area contributed by atoms with Crippen molar-refractivity contribution in [2.24, 2.45) is 0 Å². The van der Waals surface area contributed by atoms with E-state index in [1.807, 2.05) is 18.2 Å². The minimum Gasteiger partial charge on any atom is -0.373 e. The van der Waals surface area contributed by atoms with E-state index >= 15 is 0 Å². The molecule has 2 atom stereocenters. The smallest absolute Gasteiger partial charge is 0.160 e. The molecule has 1 aromatic carbocycles. The summed E-state index contributed by atoms with van der Waals surface area (Å²) in [6, 6.07) is 14.1. The lowest BCUT2D eigenvalue weighted by Gasteiger charge is -2.34. The number of benzene rings is 1. The lowest BCUT2D eigenvalue weighted by molar-refractivity contribution is -0.0710. The van der Waals surface area contributed by atoms with Gasteiger partial charge in [0.15, 0.2) is 5.82 Å². The van der Waals surface area contributed by atoms with Crippen LogP contribution in [0.25, 0.3) is 22.3 Å². The number of aromatic nitrogens is 4. The highest BCUT2D eigenvalue weighted by atomic mass is 35.5. The van der Waals surface area contributed by atoms with Gasteiger partial charge in [0.05, 0.1) is 35.0 Å². The maximum atomic E-state index is 6.43. The molecule has 1 aliphatic heterocycles. The van der Waals surface area contributed by atoms with Gasteiger partial charge in [-0.15, -0.1) is 0 Å². The Hall–Kier alpha value is -3.13. The summed E-state index contributed by atoms with van der Waals surface area (Å²) in [6.07, 6.45) is 3.84. The van der Waals surface area contributed by atoms with Crippen LogP contribution in [0.1, 0.15) is 46.0 Å². The Labute approximate surface area is 223 Å². The second-order valence-corrected chi connectivity index (χ2v) is 11.2. The number of ether oxygens (including phenoxy) is 1. The summed E-state index contributed by atoms with van der Waals surface area (Å²) in [6.45, 7) is 13.1. The monoisotopic (exact) mass is 516 g/mol. The van der Waals surface area contributed by atoms with E-state index in [0.717, 1.165) is 35.7 Å². The molecule has 0 spiro atoms. The first-order chi connectivity index (χ1) is 17.7. The number of rotatable bonds is 5. The Morgan fingerprint density at radius 1 is 1.03 bits per heavy atom. The molecule has 1 fully saturated rings. The molecule has 0 unspecified atom stereocenters. The zero-order valence-electron chi connectivity index (χ0n) is 22.0. The van der Waals surface area contributed by atoms with Crippen LogP contribution in [-0.4, -0.2) is 50.1 Å². The number of pyridine rings is 2. The number of nitrogens with one attached hydrogen (secondary N) is 1. The van der Waals surface area contributed by atoms with Gasteiger partial charge in [-0.05, 0) is 55.2 Å². The predicted molar refractivity (Wildman–Crippen MR) is 149 cm³/mol. The first kappa shape index (κ1) is 25.5. The summed E-state index contributed by atoms with van der Waals surface area (Å²) in [5.41, 5.74) is 5.25. The number of hydrogen-bond acceptors (Lipinski definition) is 7. The molecule has 192 valence electrons. The van der Waals surface area contributed by atoms with Crippen molar-refractivity contribution < 1.29 is 4.74 Å². The van der Waals surface area contributed by atoms with E-state index in [9.17, 15) is 0 Å². The SMILES string of the molecule is C[C@@H]1CN(Cc2nc(Nc3ccc(C(C)(C)C)cc3)c3ncc(-c4ncccc4Cl)cc3n2)C[C@H](C)O1. The predicted octanol–water partition coefficient (Wildman–Crippen LogP) is 6.39. The fourth-order valence-electron chi connectivity index (χ4n) is 4.76. The van der Waals surface area contributed by atoms with E-state index in [1.165, 1.54) is 5.56 Å². The molecule has 4 heterocycles. The van der Waals surface area contributed by atoms with Crippen LogP contribution >= 0.6 is 11.6 Å². The Kier molecular flexibility index (Phi) is 7.12. The second-order valence-electron chi connectivity index (χ2n) is 10.8. The van der Waals surface area contributed by atoms with Crippen LogP contribution in [0.15, 0.2) is 54.9 Å². The van der Waals surface area contributed by atoms with Crippen molar-refractivity contribution in [3.8, 4) is 11.3 Å². The maximum Gasteiger partial charge on any atom is 0.160 e. The topological polar surface area (TPSA) is 76.1 Å². The fraction of sp³-hybridized carbons (Fsp3) is 0.379. The maximum absolute atomic E-state index is 6.43. The summed E-state index contributed by atoms with van der Waals surface area (Å²) in [4.78, 5) is 21.4. The van der Waals surface area contributed by atoms with Crippen LogP contribution in [0.4, 0.5) is 11.5 Å². The summed E-state index contributed by atoms with van der Waals surface area (Å²) in [5, 5.41) is 4.07. The normalized spacial score (nSPS) is 18.8. The highest BCUT2D eigenvalue weighted by Gasteiger charge is 2.24. The van der Waals surface area contributed by atoms with E-state index in [4.69, 9.17) is 31.3 Å². The lowest BCUT2D eigenvalue weighted by Crippen LogP contribution is -2.45. The highest BCUT2D eigenvalue weighted by Crippen LogP contribution is 2.30. The largest absolute Gasteiger partial charge is 0.373 e. The quantitative estimate of drug-likeness (QED) is 0.329. The summed E-state index contributed by atoms with van der Waals surface area (Å²) < 4.78 is 5.91. The van der Waals surface area contributed by atoms with E-state index in [0.29, 0.717) is 28.6 Å². The van der Waals surface area contributed by atoms with Crippen molar-refractivity contribution in [3.05, 3.63) is 71.3 Å². The Morgan fingerprint density at radius 2 is 1.76 bits per heavy atom. The zero-order chi connectivity index (χ0) is 26.2. The van der Waals surface area contributed by atoms with Gasteiger partial charge in [-0.1, -0.05) is 44.5 Å². The molecule has 0 aliphatic carbocycles. The van der Waals surface area contributed by atoms with E-state index < -0.39 is 0 Å². The minimum atomic E-state index is 0.0877. The Balaban J connectivity index is 1.54. The molecule has 4 aromatic rings. The third-order valence-corrected chi connectivity index (χ3v) is 6.79. The van der Waals surface area contributed by atoms with Gasteiger partial charge in [0, 0.05) is 36.7 Å². The Bertz CT molecular complexity index is 1390. The van der Waals surface area contributed by atoms with Gasteiger partial charge in [-0.3, -0.25) is 9.88 Å². The number of nitrogens with zero attached hydrogens (tertiary/aromatic N) is 5. The van der Waals surface area contributed by atoms with Gasteiger partial charge in [0.2, 0.25) is 0 Å². The summed E-state index contributed by atoms with van der Waals surface area (Å²) in [5.74, 6) is 1.41. The van der Waals surface area contributed by atoms with Crippen LogP contribution in [-0.2, 0) is 16.7 Å². The standard InChI is InChI=1S/C29H33ClN6O/c1-18-15-36(16-19(2)37-18)17-25-34-24-13-20(26-23(30)7-6-12-31-26)14-32-27(24)28(35-25)33-22-10-8-21(9-11-22)29(3,4)5/h6-14,18-19H,15-17H2,1-5H3,(H,33,34,35)/t18-,19+. The van der Waals surface area contributed by atoms with Crippen molar-refractivity contribution in [1.82, 2.24) is 24.8 Å². The van der Waals surface area contributed by atoms with Crippen molar-refractivity contribution in [3.63, 3.8) is 0 Å². The first-order valence-electron chi connectivity index (χ1n) is 12.7.